The largest absolute Gasteiger partial charge is 0.411 e. The van der Waals surface area contributed by atoms with Crippen LogP contribution in [0.1, 0.15) is 0 Å². The minimum Gasteiger partial charge on any atom is -0.370 e. The molecule has 0 saturated heterocycles. The third-order valence-electron chi connectivity index (χ3n) is 1.55. The van der Waals surface area contributed by atoms with Crippen molar-refractivity contribution < 1.29 is 17.9 Å². The summed E-state index contributed by atoms with van der Waals surface area (Å²) in [6, 6.07) is 3.26. The molecular weight excluding hydrogens is 245 g/mol. The van der Waals surface area contributed by atoms with E-state index in [0.717, 1.165) is 0 Å². The molecule has 16 heavy (non-hydrogen) atoms. The van der Waals surface area contributed by atoms with Gasteiger partial charge in [-0.05, 0) is 12.1 Å². The molecule has 1 aromatic rings. The highest BCUT2D eigenvalue weighted by Crippen LogP contribution is 2.14. The molecule has 0 spiro atoms. The van der Waals surface area contributed by atoms with Crippen molar-refractivity contribution in [2.45, 2.75) is 6.18 Å². The second-order valence-electron chi connectivity index (χ2n) is 2.96. The van der Waals surface area contributed by atoms with Crippen molar-refractivity contribution in [3.8, 4) is 0 Å². The molecule has 0 aliphatic rings. The number of ether oxygens (including phenoxy) is 1. The van der Waals surface area contributed by atoms with Gasteiger partial charge in [0.15, 0.2) is 0 Å². The smallest absolute Gasteiger partial charge is 0.370 e. The van der Waals surface area contributed by atoms with Crippen molar-refractivity contribution in [3.05, 3.63) is 23.4 Å². The van der Waals surface area contributed by atoms with Crippen molar-refractivity contribution in [2.24, 2.45) is 0 Å². The summed E-state index contributed by atoms with van der Waals surface area (Å²) in [7, 11) is 0. The van der Waals surface area contributed by atoms with E-state index in [1.807, 2.05) is 0 Å². The zero-order valence-electron chi connectivity index (χ0n) is 8.22. The Hall–Kier alpha value is -1.01. The number of hydrogen-bond donors (Lipinski definition) is 1. The first kappa shape index (κ1) is 13.1. The number of halogens is 4. The van der Waals surface area contributed by atoms with Gasteiger partial charge >= 0.3 is 6.18 Å². The van der Waals surface area contributed by atoms with Crippen molar-refractivity contribution in [3.63, 3.8) is 0 Å². The molecule has 0 saturated carbocycles. The van der Waals surface area contributed by atoms with Gasteiger partial charge in [0.25, 0.3) is 0 Å². The van der Waals surface area contributed by atoms with E-state index in [2.05, 4.69) is 15.0 Å². The number of anilines is 1. The van der Waals surface area contributed by atoms with Crippen LogP contribution in [0.5, 0.6) is 0 Å². The molecule has 7 heteroatoms. The van der Waals surface area contributed by atoms with Crippen LogP contribution in [0.3, 0.4) is 0 Å². The van der Waals surface area contributed by atoms with Crippen LogP contribution in [-0.4, -0.2) is 30.9 Å². The van der Waals surface area contributed by atoms with E-state index in [-0.39, 0.29) is 13.2 Å². The van der Waals surface area contributed by atoms with Gasteiger partial charge in [-0.15, -0.1) is 0 Å². The average molecular weight is 255 g/mol. The molecular formula is C9H10ClF3N2O. The van der Waals surface area contributed by atoms with Crippen molar-refractivity contribution in [1.29, 1.82) is 0 Å². The second kappa shape index (κ2) is 5.91. The summed E-state index contributed by atoms with van der Waals surface area (Å²) < 4.78 is 39.4. The van der Waals surface area contributed by atoms with Crippen LogP contribution < -0.4 is 5.32 Å². The highest BCUT2D eigenvalue weighted by Gasteiger charge is 2.27. The molecule has 0 fully saturated rings. The first-order valence-electron chi connectivity index (χ1n) is 4.47. The lowest BCUT2D eigenvalue weighted by atomic mass is 10.4. The van der Waals surface area contributed by atoms with E-state index in [9.17, 15) is 13.2 Å². The number of nitrogens with one attached hydrogen (secondary N) is 1. The number of aromatic nitrogens is 1. The molecule has 1 rings (SSSR count). The SMILES string of the molecule is FC(F)(F)COCCNc1ccc(Cl)cn1. The number of hydrogen-bond acceptors (Lipinski definition) is 3. The molecule has 90 valence electrons. The lowest BCUT2D eigenvalue weighted by Gasteiger charge is -2.08. The quantitative estimate of drug-likeness (QED) is 0.821. The summed E-state index contributed by atoms with van der Waals surface area (Å²) in [5, 5.41) is 3.29. The van der Waals surface area contributed by atoms with E-state index in [1.165, 1.54) is 6.20 Å². The third-order valence-corrected chi connectivity index (χ3v) is 1.77. The first-order chi connectivity index (χ1) is 7.47. The maximum atomic E-state index is 11.7. The Kier molecular flexibility index (Phi) is 4.82. The van der Waals surface area contributed by atoms with Crippen LogP contribution in [0.25, 0.3) is 0 Å². The van der Waals surface area contributed by atoms with E-state index >= 15 is 0 Å². The monoisotopic (exact) mass is 254 g/mol. The summed E-state index contributed by atoms with van der Waals surface area (Å²) in [4.78, 5) is 3.90. The van der Waals surface area contributed by atoms with Crippen LogP contribution in [0.4, 0.5) is 19.0 Å². The number of pyridine rings is 1. The number of rotatable bonds is 5. The molecule has 1 aromatic heterocycles. The van der Waals surface area contributed by atoms with Gasteiger partial charge in [-0.1, -0.05) is 11.6 Å². The fraction of sp³-hybridized carbons (Fsp3) is 0.444. The van der Waals surface area contributed by atoms with Crippen LogP contribution in [0, 0.1) is 0 Å². The summed E-state index contributed by atoms with van der Waals surface area (Å²) in [5.41, 5.74) is 0. The second-order valence-corrected chi connectivity index (χ2v) is 3.39. The Morgan fingerprint density at radius 2 is 2.12 bits per heavy atom. The van der Waals surface area contributed by atoms with Crippen LogP contribution in [-0.2, 0) is 4.74 Å². The van der Waals surface area contributed by atoms with Crippen molar-refractivity contribution in [2.75, 3.05) is 25.1 Å². The zero-order valence-corrected chi connectivity index (χ0v) is 8.98. The Bertz CT molecular complexity index is 316. The minimum atomic E-state index is -4.28. The fourth-order valence-electron chi connectivity index (χ4n) is 0.920. The van der Waals surface area contributed by atoms with E-state index in [4.69, 9.17) is 11.6 Å². The van der Waals surface area contributed by atoms with Crippen molar-refractivity contribution in [1.82, 2.24) is 4.98 Å². The highest BCUT2D eigenvalue weighted by molar-refractivity contribution is 6.30. The third kappa shape index (κ3) is 5.77. The number of alkyl halides is 3. The minimum absolute atomic E-state index is 0.0379. The lowest BCUT2D eigenvalue weighted by molar-refractivity contribution is -0.172. The molecule has 3 nitrogen and oxygen atoms in total. The molecule has 0 bridgehead atoms. The van der Waals surface area contributed by atoms with E-state index in [1.54, 1.807) is 12.1 Å². The summed E-state index contributed by atoms with van der Waals surface area (Å²) in [6.45, 7) is -1.02. The zero-order chi connectivity index (χ0) is 12.0. The first-order valence-corrected chi connectivity index (χ1v) is 4.85. The van der Waals surface area contributed by atoms with Gasteiger partial charge < -0.3 is 10.1 Å². The van der Waals surface area contributed by atoms with Gasteiger partial charge in [0, 0.05) is 12.7 Å². The molecule has 0 aliphatic carbocycles. The molecule has 0 atom stereocenters. The Morgan fingerprint density at radius 1 is 1.38 bits per heavy atom. The summed E-state index contributed by atoms with van der Waals surface area (Å²) >= 11 is 5.61. The van der Waals surface area contributed by atoms with E-state index in [0.29, 0.717) is 10.8 Å². The topological polar surface area (TPSA) is 34.1 Å². The molecule has 0 amide bonds. The predicted octanol–water partition coefficient (Wildman–Crippen LogP) is 2.73. The van der Waals surface area contributed by atoms with Crippen LogP contribution in [0.15, 0.2) is 18.3 Å². The van der Waals surface area contributed by atoms with Gasteiger partial charge in [-0.3, -0.25) is 0 Å². The molecule has 0 radical (unpaired) electrons. The van der Waals surface area contributed by atoms with Crippen molar-refractivity contribution >= 4 is 17.4 Å². The maximum Gasteiger partial charge on any atom is 0.411 e. The van der Waals surface area contributed by atoms with Gasteiger partial charge in [0.2, 0.25) is 0 Å². The van der Waals surface area contributed by atoms with E-state index < -0.39 is 12.8 Å². The maximum absolute atomic E-state index is 11.7. The molecule has 0 unspecified atom stereocenters. The molecule has 0 aliphatic heterocycles. The standard InChI is InChI=1S/C9H10ClF3N2O/c10-7-1-2-8(15-5-7)14-3-4-16-6-9(11,12)13/h1-2,5H,3-4,6H2,(H,14,15). The van der Waals surface area contributed by atoms with Crippen LogP contribution >= 0.6 is 11.6 Å². The molecule has 1 N–H and O–H groups in total. The Balaban J connectivity index is 2.14. The fourth-order valence-corrected chi connectivity index (χ4v) is 1.03. The molecule has 1 heterocycles. The van der Waals surface area contributed by atoms with Crippen LogP contribution in [0.2, 0.25) is 5.02 Å². The lowest BCUT2D eigenvalue weighted by Crippen LogP contribution is -2.20. The van der Waals surface area contributed by atoms with Gasteiger partial charge in [0.05, 0.1) is 11.6 Å². The highest BCUT2D eigenvalue weighted by atomic mass is 35.5. The van der Waals surface area contributed by atoms with Gasteiger partial charge in [-0.25, -0.2) is 4.98 Å². The van der Waals surface area contributed by atoms with Gasteiger partial charge in [-0.2, -0.15) is 13.2 Å². The Morgan fingerprint density at radius 3 is 2.69 bits per heavy atom. The normalized spacial score (nSPS) is 11.5. The van der Waals surface area contributed by atoms with Gasteiger partial charge in [0.1, 0.15) is 12.4 Å². The predicted molar refractivity (Wildman–Crippen MR) is 54.6 cm³/mol. The molecule has 0 aromatic carbocycles. The summed E-state index contributed by atoms with van der Waals surface area (Å²) in [6.07, 6.45) is -2.83. The summed E-state index contributed by atoms with van der Waals surface area (Å²) in [5.74, 6) is 0.542. The average Bonchev–Trinajstić information content (AvgIpc) is 2.19. The Labute approximate surface area is 95.6 Å². The number of nitrogens with zero attached hydrogens (tertiary/aromatic N) is 1.